The first-order chi connectivity index (χ1) is 10.5. The van der Waals surface area contributed by atoms with Crippen LogP contribution in [-0.4, -0.2) is 29.6 Å². The average molecular weight is 307 g/mol. The minimum absolute atomic E-state index is 0.218. The van der Waals surface area contributed by atoms with Crippen LogP contribution in [0.15, 0.2) is 30.3 Å². The lowest BCUT2D eigenvalue weighted by molar-refractivity contribution is -0.142. The summed E-state index contributed by atoms with van der Waals surface area (Å²) >= 11 is 0. The van der Waals surface area contributed by atoms with Crippen LogP contribution in [0.1, 0.15) is 38.7 Å². The molecule has 5 nitrogen and oxygen atoms in total. The molecule has 22 heavy (non-hydrogen) atoms. The number of ether oxygens (including phenoxy) is 1. The van der Waals surface area contributed by atoms with Gasteiger partial charge in [-0.3, -0.25) is 4.79 Å². The second-order valence-electron chi connectivity index (χ2n) is 5.73. The van der Waals surface area contributed by atoms with E-state index >= 15 is 0 Å². The number of amides is 1. The topological polar surface area (TPSA) is 75.6 Å². The van der Waals surface area contributed by atoms with Crippen LogP contribution in [0.25, 0.3) is 0 Å². The van der Waals surface area contributed by atoms with Crippen molar-refractivity contribution < 1.29 is 19.4 Å². The molecular weight excluding hydrogens is 282 g/mol. The van der Waals surface area contributed by atoms with Crippen LogP contribution < -0.4 is 5.32 Å². The Morgan fingerprint density at radius 2 is 1.91 bits per heavy atom. The van der Waals surface area contributed by atoms with Gasteiger partial charge in [0, 0.05) is 13.0 Å². The Morgan fingerprint density at radius 1 is 1.23 bits per heavy atom. The van der Waals surface area contributed by atoms with Crippen molar-refractivity contribution in [2.45, 2.75) is 45.8 Å². The van der Waals surface area contributed by atoms with Crippen LogP contribution in [0.4, 0.5) is 0 Å². The van der Waals surface area contributed by atoms with Gasteiger partial charge in [0.1, 0.15) is 6.04 Å². The molecule has 0 aliphatic heterocycles. The molecule has 0 heterocycles. The molecule has 1 unspecified atom stereocenters. The molecule has 0 radical (unpaired) electrons. The Kier molecular flexibility index (Phi) is 8.22. The summed E-state index contributed by atoms with van der Waals surface area (Å²) in [5.74, 6) is -1.01. The Bertz CT molecular complexity index is 459. The van der Waals surface area contributed by atoms with Crippen molar-refractivity contribution in [2.75, 3.05) is 6.61 Å². The van der Waals surface area contributed by atoms with Crippen molar-refractivity contribution in [1.29, 1.82) is 0 Å². The molecule has 2 N–H and O–H groups in total. The van der Waals surface area contributed by atoms with Crippen molar-refractivity contribution in [3.63, 3.8) is 0 Å². The molecule has 0 fully saturated rings. The van der Waals surface area contributed by atoms with Gasteiger partial charge in [0.05, 0.1) is 6.61 Å². The summed E-state index contributed by atoms with van der Waals surface area (Å²) in [6, 6.07) is 9.01. The number of rotatable bonds is 10. The monoisotopic (exact) mass is 307 g/mol. The van der Waals surface area contributed by atoms with Crippen molar-refractivity contribution in [1.82, 2.24) is 5.32 Å². The van der Waals surface area contributed by atoms with E-state index in [1.807, 2.05) is 44.2 Å². The molecule has 0 saturated heterocycles. The van der Waals surface area contributed by atoms with Crippen LogP contribution in [0, 0.1) is 5.92 Å². The molecule has 122 valence electrons. The maximum Gasteiger partial charge on any atom is 0.326 e. The zero-order chi connectivity index (χ0) is 16.4. The molecule has 1 rings (SSSR count). The molecule has 1 aromatic carbocycles. The summed E-state index contributed by atoms with van der Waals surface area (Å²) in [5.41, 5.74) is 1.09. The highest BCUT2D eigenvalue weighted by molar-refractivity contribution is 5.83. The van der Waals surface area contributed by atoms with E-state index < -0.39 is 12.0 Å². The fourth-order valence-corrected chi connectivity index (χ4v) is 2.06. The molecule has 0 spiro atoms. The summed E-state index contributed by atoms with van der Waals surface area (Å²) in [5, 5.41) is 11.6. The number of hydrogen-bond acceptors (Lipinski definition) is 3. The number of nitrogens with one attached hydrogen (secondary N) is 1. The van der Waals surface area contributed by atoms with E-state index in [0.29, 0.717) is 26.1 Å². The maximum atomic E-state index is 11.7. The van der Waals surface area contributed by atoms with E-state index in [0.717, 1.165) is 5.56 Å². The molecule has 1 aromatic rings. The zero-order valence-corrected chi connectivity index (χ0v) is 13.2. The molecule has 0 bridgehead atoms. The van der Waals surface area contributed by atoms with Crippen LogP contribution in [0.5, 0.6) is 0 Å². The van der Waals surface area contributed by atoms with Gasteiger partial charge in [-0.2, -0.15) is 0 Å². The van der Waals surface area contributed by atoms with Crippen molar-refractivity contribution in [3.05, 3.63) is 35.9 Å². The molecule has 5 heteroatoms. The Balaban J connectivity index is 2.18. The first-order valence-corrected chi connectivity index (χ1v) is 7.63. The van der Waals surface area contributed by atoms with E-state index in [9.17, 15) is 9.59 Å². The summed E-state index contributed by atoms with van der Waals surface area (Å²) in [7, 11) is 0. The van der Waals surface area contributed by atoms with E-state index in [4.69, 9.17) is 9.84 Å². The number of hydrogen-bond donors (Lipinski definition) is 2. The molecule has 0 aromatic heterocycles. The normalized spacial score (nSPS) is 12.1. The third-order valence-corrected chi connectivity index (χ3v) is 3.14. The number of carbonyl (C=O) groups excluding carboxylic acids is 1. The predicted molar refractivity (Wildman–Crippen MR) is 84.4 cm³/mol. The first kappa shape index (κ1) is 18.2. The highest BCUT2D eigenvalue weighted by Gasteiger charge is 2.20. The molecule has 1 amide bonds. The van der Waals surface area contributed by atoms with Gasteiger partial charge in [-0.25, -0.2) is 4.79 Å². The van der Waals surface area contributed by atoms with Gasteiger partial charge in [-0.05, 0) is 24.3 Å². The van der Waals surface area contributed by atoms with E-state index in [1.165, 1.54) is 0 Å². The number of carboxylic acids is 1. The number of aliphatic carboxylic acids is 1. The molecular formula is C17H25NO4. The predicted octanol–water partition coefficient (Wildman–Crippen LogP) is 2.60. The second kappa shape index (κ2) is 9.95. The Hall–Kier alpha value is -1.88. The molecule has 0 saturated carbocycles. The SMILES string of the molecule is CC(C)CC(NC(=O)CCCOCc1ccccc1)C(=O)O. The molecule has 0 aliphatic rings. The summed E-state index contributed by atoms with van der Waals surface area (Å²) in [6.45, 7) is 4.86. The minimum atomic E-state index is -0.984. The first-order valence-electron chi connectivity index (χ1n) is 7.63. The number of carbonyl (C=O) groups is 2. The summed E-state index contributed by atoms with van der Waals surface area (Å²) < 4.78 is 5.49. The Morgan fingerprint density at radius 3 is 2.50 bits per heavy atom. The quantitative estimate of drug-likeness (QED) is 0.652. The molecule has 0 aliphatic carbocycles. The van der Waals surface area contributed by atoms with Gasteiger partial charge in [0.2, 0.25) is 5.91 Å². The third kappa shape index (κ3) is 7.78. The summed E-state index contributed by atoms with van der Waals surface area (Å²) in [4.78, 5) is 22.8. The fourth-order valence-electron chi connectivity index (χ4n) is 2.06. The third-order valence-electron chi connectivity index (χ3n) is 3.14. The van der Waals surface area contributed by atoms with Gasteiger partial charge >= 0.3 is 5.97 Å². The summed E-state index contributed by atoms with van der Waals surface area (Å²) in [6.07, 6.45) is 1.29. The smallest absolute Gasteiger partial charge is 0.326 e. The number of benzene rings is 1. The Labute approximate surface area is 131 Å². The minimum Gasteiger partial charge on any atom is -0.480 e. The lowest BCUT2D eigenvalue weighted by atomic mass is 10.0. The van der Waals surface area contributed by atoms with Gasteiger partial charge in [-0.15, -0.1) is 0 Å². The van der Waals surface area contributed by atoms with Gasteiger partial charge < -0.3 is 15.2 Å². The average Bonchev–Trinajstić information content (AvgIpc) is 2.46. The van der Waals surface area contributed by atoms with Crippen molar-refractivity contribution >= 4 is 11.9 Å². The zero-order valence-electron chi connectivity index (χ0n) is 13.2. The van der Waals surface area contributed by atoms with Crippen molar-refractivity contribution in [3.8, 4) is 0 Å². The standard InChI is InChI=1S/C17H25NO4/c1-13(2)11-15(17(20)21)18-16(19)9-6-10-22-12-14-7-4-3-5-8-14/h3-5,7-8,13,15H,6,9-12H2,1-2H3,(H,18,19)(H,20,21). The van der Waals surface area contributed by atoms with Crippen LogP contribution in [0.2, 0.25) is 0 Å². The largest absolute Gasteiger partial charge is 0.480 e. The van der Waals surface area contributed by atoms with E-state index in [1.54, 1.807) is 0 Å². The van der Waals surface area contributed by atoms with E-state index in [2.05, 4.69) is 5.32 Å². The highest BCUT2D eigenvalue weighted by Crippen LogP contribution is 2.06. The second-order valence-corrected chi connectivity index (χ2v) is 5.73. The number of carboxylic acid groups (broad SMARTS) is 1. The molecule has 1 atom stereocenters. The lowest BCUT2D eigenvalue weighted by Crippen LogP contribution is -2.41. The fraction of sp³-hybridized carbons (Fsp3) is 0.529. The van der Waals surface area contributed by atoms with E-state index in [-0.39, 0.29) is 18.2 Å². The van der Waals surface area contributed by atoms with Crippen LogP contribution in [0.3, 0.4) is 0 Å². The van der Waals surface area contributed by atoms with Crippen LogP contribution >= 0.6 is 0 Å². The lowest BCUT2D eigenvalue weighted by Gasteiger charge is -2.16. The van der Waals surface area contributed by atoms with Crippen molar-refractivity contribution in [2.24, 2.45) is 5.92 Å². The highest BCUT2D eigenvalue weighted by atomic mass is 16.5. The van der Waals surface area contributed by atoms with Gasteiger partial charge in [0.15, 0.2) is 0 Å². The van der Waals surface area contributed by atoms with Gasteiger partial charge in [-0.1, -0.05) is 44.2 Å². The van der Waals surface area contributed by atoms with Gasteiger partial charge in [0.25, 0.3) is 0 Å². The maximum absolute atomic E-state index is 11.7. The van der Waals surface area contributed by atoms with Crippen LogP contribution in [-0.2, 0) is 20.9 Å².